The molecule has 1 aliphatic rings. The number of hydrogen-bond acceptors (Lipinski definition) is 3. The first-order valence-corrected chi connectivity index (χ1v) is 3.47. The molecular formula is C8H11N3. The average Bonchev–Trinajstić information content (AvgIpc) is 2.13. The van der Waals surface area contributed by atoms with Crippen LogP contribution in [0, 0.1) is 11.4 Å². The van der Waals surface area contributed by atoms with Crippen LogP contribution < -0.4 is 5.73 Å². The van der Waals surface area contributed by atoms with Gasteiger partial charge in [0.2, 0.25) is 0 Å². The zero-order valence-corrected chi connectivity index (χ0v) is 6.41. The van der Waals surface area contributed by atoms with Crippen molar-refractivity contribution < 1.29 is 0 Å². The van der Waals surface area contributed by atoms with E-state index < -0.39 is 0 Å². The highest BCUT2D eigenvalue weighted by Gasteiger charge is 2.03. The Balaban J connectivity index is 2.98. The molecule has 0 saturated carbocycles. The van der Waals surface area contributed by atoms with Gasteiger partial charge in [0.25, 0.3) is 0 Å². The summed E-state index contributed by atoms with van der Waals surface area (Å²) in [4.78, 5) is 0. The molecule has 0 aromatic carbocycles. The molecule has 0 fully saturated rings. The average molecular weight is 149 g/mol. The summed E-state index contributed by atoms with van der Waals surface area (Å²) >= 11 is 0. The van der Waals surface area contributed by atoms with Crippen LogP contribution in [-0.2, 0) is 0 Å². The van der Waals surface area contributed by atoms with Crippen molar-refractivity contribution in [2.24, 2.45) is 16.8 Å². The molecule has 3 N–H and O–H groups in total. The Morgan fingerprint density at radius 1 is 1.64 bits per heavy atom. The maximum atomic E-state index is 6.82. The lowest BCUT2D eigenvalue weighted by atomic mass is 10.1. The van der Waals surface area contributed by atoms with E-state index in [1.54, 1.807) is 6.08 Å². The van der Waals surface area contributed by atoms with Crippen LogP contribution in [0.4, 0.5) is 0 Å². The minimum Gasteiger partial charge on any atom is -0.397 e. The normalized spacial score (nSPS) is 23.5. The summed E-state index contributed by atoms with van der Waals surface area (Å²) in [7, 11) is 0. The van der Waals surface area contributed by atoms with Crippen LogP contribution in [0.2, 0.25) is 0 Å². The molecule has 1 aliphatic carbocycles. The first-order valence-electron chi connectivity index (χ1n) is 3.47. The Labute approximate surface area is 65.8 Å². The Morgan fingerprint density at radius 3 is 3.00 bits per heavy atom. The van der Waals surface area contributed by atoms with Crippen LogP contribution in [0.1, 0.15) is 6.92 Å². The van der Waals surface area contributed by atoms with Gasteiger partial charge in [-0.25, -0.2) is 5.53 Å². The van der Waals surface area contributed by atoms with Gasteiger partial charge >= 0.3 is 0 Å². The predicted octanol–water partition coefficient (Wildman–Crippen LogP) is 1.95. The molecule has 3 nitrogen and oxygen atoms in total. The summed E-state index contributed by atoms with van der Waals surface area (Å²) in [6, 6.07) is 0. The highest BCUT2D eigenvalue weighted by atomic mass is 15.0. The monoisotopic (exact) mass is 149 g/mol. The third-order valence-corrected chi connectivity index (χ3v) is 1.53. The molecule has 0 bridgehead atoms. The van der Waals surface area contributed by atoms with Crippen LogP contribution in [0.5, 0.6) is 0 Å². The van der Waals surface area contributed by atoms with Gasteiger partial charge in [-0.15, -0.1) is 0 Å². The third kappa shape index (κ3) is 1.77. The largest absolute Gasteiger partial charge is 0.397 e. The summed E-state index contributed by atoms with van der Waals surface area (Å²) in [6.45, 7) is 2.02. The van der Waals surface area contributed by atoms with Crippen LogP contribution in [0.25, 0.3) is 0 Å². The molecule has 3 heteroatoms. The summed E-state index contributed by atoms with van der Waals surface area (Å²) < 4.78 is 0. The number of nitrogens with one attached hydrogen (secondary N) is 1. The zero-order chi connectivity index (χ0) is 8.27. The molecular weight excluding hydrogens is 138 g/mol. The minimum atomic E-state index is 0.302. The number of hydrogen-bond donors (Lipinski definition) is 2. The number of nitrogens with zero attached hydrogens (tertiary/aromatic N) is 1. The summed E-state index contributed by atoms with van der Waals surface area (Å²) in [5.74, 6) is 0.302. The maximum absolute atomic E-state index is 6.82. The van der Waals surface area contributed by atoms with Crippen molar-refractivity contribution in [2.45, 2.75) is 6.92 Å². The van der Waals surface area contributed by atoms with E-state index in [9.17, 15) is 0 Å². The van der Waals surface area contributed by atoms with Gasteiger partial charge in [-0.05, 0) is 18.1 Å². The van der Waals surface area contributed by atoms with Crippen molar-refractivity contribution in [3.05, 3.63) is 35.7 Å². The van der Waals surface area contributed by atoms with E-state index in [-0.39, 0.29) is 0 Å². The lowest BCUT2D eigenvalue weighted by Crippen LogP contribution is -1.98. The van der Waals surface area contributed by atoms with E-state index in [0.29, 0.717) is 17.3 Å². The molecule has 0 spiro atoms. The standard InChI is InChI=1S/C8H11N3/c1-6-3-2-4-7(9)8(5-6)11-10/h2-6,10H,9H2,1H3. The fraction of sp³-hybridized carbons (Fsp3) is 0.250. The van der Waals surface area contributed by atoms with E-state index in [0.717, 1.165) is 0 Å². The van der Waals surface area contributed by atoms with Crippen molar-refractivity contribution in [1.82, 2.24) is 0 Å². The quantitative estimate of drug-likeness (QED) is 0.550. The predicted molar refractivity (Wildman–Crippen MR) is 43.8 cm³/mol. The Bertz CT molecular complexity index is 248. The van der Waals surface area contributed by atoms with E-state index in [2.05, 4.69) is 5.11 Å². The number of rotatable bonds is 1. The van der Waals surface area contributed by atoms with Gasteiger partial charge in [0.1, 0.15) is 5.70 Å². The first-order chi connectivity index (χ1) is 5.24. The van der Waals surface area contributed by atoms with E-state index >= 15 is 0 Å². The lowest BCUT2D eigenvalue weighted by molar-refractivity contribution is 0.912. The molecule has 0 saturated heterocycles. The van der Waals surface area contributed by atoms with Crippen molar-refractivity contribution in [3.63, 3.8) is 0 Å². The summed E-state index contributed by atoms with van der Waals surface area (Å²) in [5.41, 5.74) is 13.5. The zero-order valence-electron chi connectivity index (χ0n) is 6.41. The second kappa shape index (κ2) is 3.14. The van der Waals surface area contributed by atoms with Crippen molar-refractivity contribution >= 4 is 0 Å². The van der Waals surface area contributed by atoms with Crippen molar-refractivity contribution in [1.29, 1.82) is 5.53 Å². The van der Waals surface area contributed by atoms with Crippen LogP contribution in [0.3, 0.4) is 0 Å². The van der Waals surface area contributed by atoms with Gasteiger partial charge in [0.15, 0.2) is 0 Å². The SMILES string of the molecule is CC1C=CC=C(N)C(N=N)=C1. The molecule has 0 radical (unpaired) electrons. The highest BCUT2D eigenvalue weighted by Crippen LogP contribution is 2.14. The topological polar surface area (TPSA) is 62.2 Å². The molecule has 11 heavy (non-hydrogen) atoms. The smallest absolute Gasteiger partial charge is 0.104 e. The van der Waals surface area contributed by atoms with Crippen LogP contribution in [0.15, 0.2) is 40.8 Å². The third-order valence-electron chi connectivity index (χ3n) is 1.53. The molecule has 1 atom stereocenters. The second-order valence-electron chi connectivity index (χ2n) is 2.53. The molecule has 0 aromatic heterocycles. The molecule has 1 unspecified atom stereocenters. The maximum Gasteiger partial charge on any atom is 0.104 e. The summed E-state index contributed by atoms with van der Waals surface area (Å²) in [5, 5.41) is 3.32. The molecule has 0 aliphatic heterocycles. The lowest BCUT2D eigenvalue weighted by Gasteiger charge is -1.98. The van der Waals surface area contributed by atoms with Gasteiger partial charge in [-0.3, -0.25) is 0 Å². The van der Waals surface area contributed by atoms with Crippen molar-refractivity contribution in [3.8, 4) is 0 Å². The summed E-state index contributed by atoms with van der Waals surface area (Å²) in [6.07, 6.45) is 7.51. The van der Waals surface area contributed by atoms with Gasteiger partial charge < -0.3 is 5.73 Å². The molecule has 0 amide bonds. The Hall–Kier alpha value is -1.38. The minimum absolute atomic E-state index is 0.302. The van der Waals surface area contributed by atoms with Gasteiger partial charge in [0.05, 0.1) is 5.70 Å². The fourth-order valence-corrected chi connectivity index (χ4v) is 0.922. The highest BCUT2D eigenvalue weighted by molar-refractivity contribution is 5.33. The second-order valence-corrected chi connectivity index (χ2v) is 2.53. The van der Waals surface area contributed by atoms with E-state index in [4.69, 9.17) is 11.3 Å². The first kappa shape index (κ1) is 7.72. The fourth-order valence-electron chi connectivity index (χ4n) is 0.922. The van der Waals surface area contributed by atoms with E-state index in [1.165, 1.54) is 0 Å². The Morgan fingerprint density at radius 2 is 2.36 bits per heavy atom. The van der Waals surface area contributed by atoms with Gasteiger partial charge in [0, 0.05) is 0 Å². The molecule has 0 aromatic rings. The molecule has 1 rings (SSSR count). The van der Waals surface area contributed by atoms with Gasteiger partial charge in [-0.2, -0.15) is 5.11 Å². The van der Waals surface area contributed by atoms with E-state index in [1.807, 2.05) is 25.2 Å². The number of nitrogens with two attached hydrogens (primary N) is 1. The molecule has 58 valence electrons. The number of allylic oxidation sites excluding steroid dienone is 4. The molecule has 0 heterocycles. The van der Waals surface area contributed by atoms with Gasteiger partial charge in [-0.1, -0.05) is 19.1 Å². The Kier molecular flexibility index (Phi) is 2.21. The van der Waals surface area contributed by atoms with Crippen LogP contribution >= 0.6 is 0 Å². The van der Waals surface area contributed by atoms with Crippen LogP contribution in [-0.4, -0.2) is 0 Å². The van der Waals surface area contributed by atoms with Crippen molar-refractivity contribution in [2.75, 3.05) is 0 Å².